The number of fused-ring (bicyclic) bond motifs is 2. The van der Waals surface area contributed by atoms with Crippen LogP contribution in [0.3, 0.4) is 0 Å². The van der Waals surface area contributed by atoms with Crippen molar-refractivity contribution >= 4 is 22.5 Å². The molecule has 138 valence electrons. The number of carbonyl (C=O) groups is 1. The van der Waals surface area contributed by atoms with Gasteiger partial charge in [0.2, 0.25) is 5.88 Å². The Labute approximate surface area is 156 Å². The maximum absolute atomic E-state index is 12.9. The number of hydrogen-bond acceptors (Lipinski definition) is 6. The van der Waals surface area contributed by atoms with Crippen LogP contribution in [-0.4, -0.2) is 63.3 Å². The van der Waals surface area contributed by atoms with Crippen molar-refractivity contribution in [1.29, 1.82) is 0 Å². The van der Waals surface area contributed by atoms with E-state index < -0.39 is 0 Å². The first-order chi connectivity index (χ1) is 13.3. The van der Waals surface area contributed by atoms with Gasteiger partial charge in [-0.2, -0.15) is 5.10 Å². The molecule has 0 saturated carbocycles. The molecule has 0 N–H and O–H groups in total. The van der Waals surface area contributed by atoms with E-state index in [9.17, 15) is 4.79 Å². The Bertz CT molecular complexity index is 993. The number of carbonyl (C=O) groups excluding carboxylic acids is 1. The van der Waals surface area contributed by atoms with Gasteiger partial charge in [0.15, 0.2) is 0 Å². The number of aryl methyl sites for hydroxylation is 1. The quantitative estimate of drug-likeness (QED) is 0.687. The summed E-state index contributed by atoms with van der Waals surface area (Å²) in [6.07, 6.45) is 5.96. The maximum atomic E-state index is 12.9. The third-order valence-corrected chi connectivity index (χ3v) is 5.19. The molecule has 1 aromatic carbocycles. The molecule has 2 aromatic heterocycles. The molecule has 8 nitrogen and oxygen atoms in total. The van der Waals surface area contributed by atoms with Gasteiger partial charge in [-0.1, -0.05) is 0 Å². The number of benzene rings is 1. The van der Waals surface area contributed by atoms with Gasteiger partial charge < -0.3 is 14.5 Å². The van der Waals surface area contributed by atoms with E-state index in [1.165, 1.54) is 0 Å². The first kappa shape index (κ1) is 16.0. The Morgan fingerprint density at radius 3 is 2.85 bits per heavy atom. The first-order valence-electron chi connectivity index (χ1n) is 9.22. The zero-order chi connectivity index (χ0) is 18.2. The second-order valence-electron chi connectivity index (χ2n) is 6.83. The molecule has 27 heavy (non-hydrogen) atoms. The molecule has 0 atom stereocenters. The third kappa shape index (κ3) is 2.87. The van der Waals surface area contributed by atoms with Gasteiger partial charge in [-0.05, 0) is 18.2 Å². The van der Waals surface area contributed by atoms with E-state index >= 15 is 0 Å². The lowest BCUT2D eigenvalue weighted by Gasteiger charge is -2.36. The second kappa shape index (κ2) is 6.53. The summed E-state index contributed by atoms with van der Waals surface area (Å²) in [4.78, 5) is 25.4. The number of ether oxygens (including phenoxy) is 1. The molecule has 0 radical (unpaired) electrons. The predicted octanol–water partition coefficient (Wildman–Crippen LogP) is 1.57. The van der Waals surface area contributed by atoms with Crippen LogP contribution in [-0.2, 0) is 6.54 Å². The molecule has 0 spiro atoms. The Morgan fingerprint density at radius 1 is 1.07 bits per heavy atom. The number of nitrogens with zero attached hydrogens (tertiary/aromatic N) is 6. The highest BCUT2D eigenvalue weighted by atomic mass is 16.5. The molecule has 0 aliphatic carbocycles. The monoisotopic (exact) mass is 364 g/mol. The van der Waals surface area contributed by atoms with E-state index in [4.69, 9.17) is 4.74 Å². The molecule has 1 amide bonds. The first-order valence-corrected chi connectivity index (χ1v) is 9.22. The van der Waals surface area contributed by atoms with Crippen LogP contribution in [0.1, 0.15) is 16.8 Å². The molecular formula is C19H20N6O2. The van der Waals surface area contributed by atoms with Crippen molar-refractivity contribution in [2.75, 3.05) is 37.7 Å². The molecule has 2 aliphatic rings. The van der Waals surface area contributed by atoms with Crippen LogP contribution in [0.2, 0.25) is 0 Å². The molecule has 2 aliphatic heterocycles. The summed E-state index contributed by atoms with van der Waals surface area (Å²) >= 11 is 0. The van der Waals surface area contributed by atoms with E-state index in [0.717, 1.165) is 42.6 Å². The Balaban J connectivity index is 1.29. The Hall–Kier alpha value is -3.16. The molecular weight excluding hydrogens is 344 g/mol. The van der Waals surface area contributed by atoms with E-state index in [-0.39, 0.29) is 5.91 Å². The summed E-state index contributed by atoms with van der Waals surface area (Å²) in [6, 6.07) is 6.20. The number of anilines is 1. The molecule has 3 aromatic rings. The van der Waals surface area contributed by atoms with Crippen LogP contribution in [0.4, 0.5) is 5.69 Å². The lowest BCUT2D eigenvalue weighted by molar-refractivity contribution is 0.0740. The van der Waals surface area contributed by atoms with Gasteiger partial charge in [-0.3, -0.25) is 4.79 Å². The third-order valence-electron chi connectivity index (χ3n) is 5.19. The van der Waals surface area contributed by atoms with Crippen LogP contribution in [0.15, 0.2) is 36.9 Å². The predicted molar refractivity (Wildman–Crippen MR) is 100.0 cm³/mol. The number of piperazine rings is 1. The number of hydrogen-bond donors (Lipinski definition) is 0. The van der Waals surface area contributed by atoms with Crippen LogP contribution >= 0.6 is 0 Å². The summed E-state index contributed by atoms with van der Waals surface area (Å²) in [6.45, 7) is 4.37. The molecule has 5 rings (SSSR count). The van der Waals surface area contributed by atoms with Crippen LogP contribution in [0.5, 0.6) is 5.88 Å². The van der Waals surface area contributed by atoms with Gasteiger partial charge in [0.05, 0.1) is 18.3 Å². The smallest absolute Gasteiger partial charge is 0.261 e. The van der Waals surface area contributed by atoms with Crippen molar-refractivity contribution in [2.24, 2.45) is 0 Å². The highest BCUT2D eigenvalue weighted by molar-refractivity contribution is 5.96. The summed E-state index contributed by atoms with van der Waals surface area (Å²) in [7, 11) is 0. The van der Waals surface area contributed by atoms with Gasteiger partial charge in [-0.15, -0.1) is 0 Å². The van der Waals surface area contributed by atoms with Crippen LogP contribution < -0.4 is 9.64 Å². The van der Waals surface area contributed by atoms with Crippen molar-refractivity contribution in [1.82, 2.24) is 24.6 Å². The van der Waals surface area contributed by atoms with E-state index in [2.05, 4.69) is 32.1 Å². The van der Waals surface area contributed by atoms with Crippen LogP contribution in [0.25, 0.3) is 10.9 Å². The minimum atomic E-state index is 0.00436. The van der Waals surface area contributed by atoms with Crippen molar-refractivity contribution in [3.63, 3.8) is 0 Å². The normalized spacial score (nSPS) is 16.9. The summed E-state index contributed by atoms with van der Waals surface area (Å²) in [5.41, 5.74) is 2.65. The minimum absolute atomic E-state index is 0.00436. The average Bonchev–Trinajstić information content (AvgIpc) is 3.17. The SMILES string of the molecule is O=C(c1cnn2c1OCCC2)N1CCN(c2ccc3ncncc3c2)CC1. The summed E-state index contributed by atoms with van der Waals surface area (Å²) < 4.78 is 7.45. The van der Waals surface area contributed by atoms with E-state index in [1.54, 1.807) is 17.2 Å². The van der Waals surface area contributed by atoms with E-state index in [1.807, 2.05) is 17.2 Å². The van der Waals surface area contributed by atoms with Gasteiger partial charge >= 0.3 is 0 Å². The second-order valence-corrected chi connectivity index (χ2v) is 6.83. The zero-order valence-corrected chi connectivity index (χ0v) is 14.9. The summed E-state index contributed by atoms with van der Waals surface area (Å²) in [5.74, 6) is 0.618. The number of rotatable bonds is 2. The van der Waals surface area contributed by atoms with Gasteiger partial charge in [0, 0.05) is 56.4 Å². The van der Waals surface area contributed by atoms with Crippen LogP contribution in [0, 0.1) is 0 Å². The Morgan fingerprint density at radius 2 is 1.96 bits per heavy atom. The topological polar surface area (TPSA) is 76.4 Å². The van der Waals surface area contributed by atoms with Crippen molar-refractivity contribution in [2.45, 2.75) is 13.0 Å². The average molecular weight is 364 g/mol. The molecule has 0 unspecified atom stereocenters. The maximum Gasteiger partial charge on any atom is 0.261 e. The molecule has 8 heteroatoms. The fourth-order valence-corrected chi connectivity index (χ4v) is 3.72. The van der Waals surface area contributed by atoms with E-state index in [0.29, 0.717) is 31.1 Å². The molecule has 1 saturated heterocycles. The lowest BCUT2D eigenvalue weighted by Crippen LogP contribution is -2.48. The van der Waals surface area contributed by atoms with Crippen molar-refractivity contribution < 1.29 is 9.53 Å². The molecule has 0 bridgehead atoms. The van der Waals surface area contributed by atoms with Gasteiger partial charge in [-0.25, -0.2) is 14.6 Å². The largest absolute Gasteiger partial charge is 0.477 e. The fourth-order valence-electron chi connectivity index (χ4n) is 3.72. The summed E-state index contributed by atoms with van der Waals surface area (Å²) in [5, 5.41) is 5.31. The van der Waals surface area contributed by atoms with Crippen molar-refractivity contribution in [3.8, 4) is 5.88 Å². The zero-order valence-electron chi connectivity index (χ0n) is 14.9. The highest BCUT2D eigenvalue weighted by Gasteiger charge is 2.28. The number of amides is 1. The molecule has 4 heterocycles. The minimum Gasteiger partial charge on any atom is -0.477 e. The van der Waals surface area contributed by atoms with Gasteiger partial charge in [0.1, 0.15) is 11.9 Å². The van der Waals surface area contributed by atoms with Gasteiger partial charge in [0.25, 0.3) is 5.91 Å². The highest BCUT2D eigenvalue weighted by Crippen LogP contribution is 2.25. The standard InChI is InChI=1S/C19H20N6O2/c26-18(16-12-22-25-4-1-9-27-19(16)25)24-7-5-23(6-8-24)15-2-3-17-14(10-15)11-20-13-21-17/h2-3,10-13H,1,4-9H2. The molecule has 1 fully saturated rings. The fraction of sp³-hybridized carbons (Fsp3) is 0.368. The lowest BCUT2D eigenvalue weighted by atomic mass is 10.2. The van der Waals surface area contributed by atoms with Crippen molar-refractivity contribution in [3.05, 3.63) is 42.5 Å². The number of aromatic nitrogens is 4. The Kier molecular flexibility index (Phi) is 3.88.